The summed E-state index contributed by atoms with van der Waals surface area (Å²) in [4.78, 5) is 47.5. The second kappa shape index (κ2) is 10.3. The molecule has 0 heterocycles. The van der Waals surface area contributed by atoms with E-state index in [4.69, 9.17) is 14.2 Å². The maximum absolute atomic E-state index is 12.2. The Bertz CT molecular complexity index is 1220. The summed E-state index contributed by atoms with van der Waals surface area (Å²) in [5.74, 6) is -2.55. The number of fused-ring (bicyclic) bond motifs is 1. The van der Waals surface area contributed by atoms with Crippen molar-refractivity contribution in [2.24, 2.45) is 0 Å². The maximum Gasteiger partial charge on any atom is 0.379 e. The number of benzene rings is 2. The van der Waals surface area contributed by atoms with Gasteiger partial charge in [0.05, 0.1) is 0 Å². The minimum Gasteiger partial charge on any atom is -0.423 e. The number of carbonyl (C=O) groups is 4. The minimum atomic E-state index is -1.07. The minimum absolute atomic E-state index is 0.0124. The molecule has 0 aromatic heterocycles. The molecule has 0 N–H and O–H groups in total. The van der Waals surface area contributed by atoms with Crippen LogP contribution in [0.15, 0.2) is 54.6 Å². The van der Waals surface area contributed by atoms with Crippen molar-refractivity contribution < 1.29 is 33.4 Å². The average molecular weight is 462 g/mol. The summed E-state index contributed by atoms with van der Waals surface area (Å²) in [7, 11) is 0. The molecule has 34 heavy (non-hydrogen) atoms. The van der Waals surface area contributed by atoms with Gasteiger partial charge in [-0.05, 0) is 73.1 Å². The molecule has 1 aliphatic rings. The van der Waals surface area contributed by atoms with Crippen molar-refractivity contribution in [3.8, 4) is 28.4 Å². The third-order valence-corrected chi connectivity index (χ3v) is 5.46. The van der Waals surface area contributed by atoms with Crippen LogP contribution in [0.3, 0.4) is 0 Å². The second-order valence-electron chi connectivity index (χ2n) is 8.05. The lowest BCUT2D eigenvalue weighted by atomic mass is 9.96. The Morgan fingerprint density at radius 2 is 1.41 bits per heavy atom. The van der Waals surface area contributed by atoms with Crippen LogP contribution in [0, 0.1) is 0 Å². The molecule has 0 radical (unpaired) electrons. The van der Waals surface area contributed by atoms with Gasteiger partial charge in [0.25, 0.3) is 0 Å². The van der Waals surface area contributed by atoms with Crippen molar-refractivity contribution in [2.45, 2.75) is 46.5 Å². The van der Waals surface area contributed by atoms with Crippen LogP contribution in [0.5, 0.6) is 17.2 Å². The average Bonchev–Trinajstić information content (AvgIpc) is 3.30. The van der Waals surface area contributed by atoms with Crippen molar-refractivity contribution in [3.05, 3.63) is 65.8 Å². The van der Waals surface area contributed by atoms with Gasteiger partial charge in [-0.3, -0.25) is 4.79 Å². The molecule has 1 aliphatic carbocycles. The fourth-order valence-electron chi connectivity index (χ4n) is 3.55. The molecule has 0 unspecified atom stereocenters. The largest absolute Gasteiger partial charge is 0.423 e. The van der Waals surface area contributed by atoms with Crippen LogP contribution in [-0.2, 0) is 32.0 Å². The van der Waals surface area contributed by atoms with E-state index in [1.165, 1.54) is 13.0 Å². The molecule has 3 rings (SSSR count). The highest BCUT2D eigenvalue weighted by Crippen LogP contribution is 2.41. The first-order valence-corrected chi connectivity index (χ1v) is 10.9. The van der Waals surface area contributed by atoms with Crippen LogP contribution >= 0.6 is 0 Å². The lowest BCUT2D eigenvalue weighted by Crippen LogP contribution is -2.18. The molecule has 2 aromatic carbocycles. The number of hydrogen-bond donors (Lipinski definition) is 0. The lowest BCUT2D eigenvalue weighted by Gasteiger charge is -2.16. The topological polar surface area (TPSA) is 96.0 Å². The molecular formula is C27H26O7. The van der Waals surface area contributed by atoms with E-state index in [9.17, 15) is 19.2 Å². The van der Waals surface area contributed by atoms with E-state index in [0.717, 1.165) is 42.9 Å². The number of ketones is 1. The highest BCUT2D eigenvalue weighted by atomic mass is 16.6. The lowest BCUT2D eigenvalue weighted by molar-refractivity contribution is -0.146. The molecule has 0 spiro atoms. The van der Waals surface area contributed by atoms with Crippen LogP contribution in [0.4, 0.5) is 0 Å². The monoisotopic (exact) mass is 462 g/mol. The van der Waals surface area contributed by atoms with Crippen molar-refractivity contribution >= 4 is 23.7 Å². The van der Waals surface area contributed by atoms with Gasteiger partial charge in [-0.1, -0.05) is 32.2 Å². The smallest absolute Gasteiger partial charge is 0.379 e. The van der Waals surface area contributed by atoms with Crippen molar-refractivity contribution in [1.82, 2.24) is 0 Å². The van der Waals surface area contributed by atoms with E-state index >= 15 is 0 Å². The molecule has 2 aromatic rings. The Morgan fingerprint density at radius 1 is 0.794 bits per heavy atom. The van der Waals surface area contributed by atoms with E-state index in [0.29, 0.717) is 23.3 Å². The Balaban J connectivity index is 2.03. The Labute approximate surface area is 198 Å². The van der Waals surface area contributed by atoms with Crippen LogP contribution in [0.25, 0.3) is 11.1 Å². The number of esters is 3. The molecule has 0 fully saturated rings. The molecule has 0 amide bonds. The summed E-state index contributed by atoms with van der Waals surface area (Å²) in [5, 5.41) is 0. The fraction of sp³-hybridized carbons (Fsp3) is 0.259. The molecule has 0 saturated carbocycles. The Hall–Kier alpha value is -4.00. The molecule has 0 atom stereocenters. The third-order valence-electron chi connectivity index (χ3n) is 5.46. The summed E-state index contributed by atoms with van der Waals surface area (Å²) in [6, 6.07) is 8.32. The number of hydrogen-bond acceptors (Lipinski definition) is 7. The molecule has 0 aliphatic heterocycles. The van der Waals surface area contributed by atoms with Gasteiger partial charge < -0.3 is 14.2 Å². The Morgan fingerprint density at radius 3 is 2.06 bits per heavy atom. The van der Waals surface area contributed by atoms with Crippen LogP contribution in [0.2, 0.25) is 0 Å². The predicted octanol–water partition coefficient (Wildman–Crippen LogP) is 4.69. The zero-order chi connectivity index (χ0) is 25.0. The zero-order valence-corrected chi connectivity index (χ0v) is 19.5. The first-order valence-electron chi connectivity index (χ1n) is 10.9. The summed E-state index contributed by atoms with van der Waals surface area (Å²) < 4.78 is 16.1. The van der Waals surface area contributed by atoms with Crippen LogP contribution in [0.1, 0.15) is 44.7 Å². The van der Waals surface area contributed by atoms with E-state index in [1.807, 2.05) is 13.0 Å². The molecular weight excluding hydrogens is 436 g/mol. The standard InChI is InChI=1S/C27H26O7/c1-6-16(4)26(30)32-22-13-11-19(20-8-7-9-21(20)22)18-10-12-23(33-27(31)17(5)28)24(14-18)34-25(29)15(2)3/h10-14H,2,4,6-9H2,1,3,5H3. The van der Waals surface area contributed by atoms with E-state index < -0.39 is 23.7 Å². The van der Waals surface area contributed by atoms with Gasteiger partial charge in [-0.2, -0.15) is 0 Å². The predicted molar refractivity (Wildman–Crippen MR) is 126 cm³/mol. The van der Waals surface area contributed by atoms with Crippen molar-refractivity contribution in [2.75, 3.05) is 0 Å². The zero-order valence-electron chi connectivity index (χ0n) is 19.5. The maximum atomic E-state index is 12.2. The number of rotatable bonds is 8. The molecule has 176 valence electrons. The quantitative estimate of drug-likeness (QED) is 0.243. The molecule has 7 heteroatoms. The van der Waals surface area contributed by atoms with Gasteiger partial charge in [0.15, 0.2) is 11.5 Å². The SMILES string of the molecule is C=C(C)C(=O)Oc1cc(-c2ccc(OC(=O)C(=C)CC)c3c2CCC3)ccc1OC(=O)C(C)=O. The summed E-state index contributed by atoms with van der Waals surface area (Å²) in [6.07, 6.45) is 2.95. The highest BCUT2D eigenvalue weighted by Gasteiger charge is 2.24. The van der Waals surface area contributed by atoms with Gasteiger partial charge in [0.1, 0.15) is 5.75 Å². The van der Waals surface area contributed by atoms with Gasteiger partial charge in [-0.25, -0.2) is 14.4 Å². The number of Topliss-reactive ketones (excluding diaryl/α,β-unsaturated/α-hetero) is 1. The van der Waals surface area contributed by atoms with Crippen LogP contribution < -0.4 is 14.2 Å². The Kier molecular flexibility index (Phi) is 7.46. The highest BCUT2D eigenvalue weighted by molar-refractivity contribution is 6.33. The van der Waals surface area contributed by atoms with Crippen LogP contribution in [-0.4, -0.2) is 23.7 Å². The third kappa shape index (κ3) is 5.31. The first-order chi connectivity index (χ1) is 16.1. The number of carbonyl (C=O) groups excluding carboxylic acids is 4. The van der Waals surface area contributed by atoms with Gasteiger partial charge in [0, 0.05) is 18.1 Å². The van der Waals surface area contributed by atoms with Crippen molar-refractivity contribution in [3.63, 3.8) is 0 Å². The number of ether oxygens (including phenoxy) is 3. The summed E-state index contributed by atoms with van der Waals surface area (Å²) in [5.41, 5.74) is 4.12. The van der Waals surface area contributed by atoms with E-state index in [2.05, 4.69) is 13.2 Å². The van der Waals surface area contributed by atoms with E-state index in [1.54, 1.807) is 18.2 Å². The van der Waals surface area contributed by atoms with Crippen molar-refractivity contribution in [1.29, 1.82) is 0 Å². The molecule has 0 saturated heterocycles. The molecule has 0 bridgehead atoms. The summed E-state index contributed by atoms with van der Waals surface area (Å²) >= 11 is 0. The fourth-order valence-corrected chi connectivity index (χ4v) is 3.55. The van der Waals surface area contributed by atoms with Gasteiger partial charge >= 0.3 is 17.9 Å². The van der Waals surface area contributed by atoms with E-state index in [-0.39, 0.29) is 17.1 Å². The van der Waals surface area contributed by atoms with Gasteiger partial charge in [0.2, 0.25) is 5.78 Å². The second-order valence-corrected chi connectivity index (χ2v) is 8.05. The van der Waals surface area contributed by atoms with Gasteiger partial charge in [-0.15, -0.1) is 0 Å². The normalized spacial score (nSPS) is 11.9. The molecule has 7 nitrogen and oxygen atoms in total. The first kappa shape index (κ1) is 24.6. The summed E-state index contributed by atoms with van der Waals surface area (Å²) in [6.45, 7) is 11.7.